The van der Waals surface area contributed by atoms with Crippen LogP contribution >= 0.6 is 11.3 Å². The van der Waals surface area contributed by atoms with Crippen LogP contribution < -0.4 is 16.0 Å². The van der Waals surface area contributed by atoms with Gasteiger partial charge in [0.05, 0.1) is 12.6 Å². The highest BCUT2D eigenvalue weighted by atomic mass is 32.1. The predicted octanol–water partition coefficient (Wildman–Crippen LogP) is 3.64. The fourth-order valence-corrected chi connectivity index (χ4v) is 6.34. The summed E-state index contributed by atoms with van der Waals surface area (Å²) < 4.78 is 5.41. The average Bonchev–Trinajstić information content (AvgIpc) is 3.29. The van der Waals surface area contributed by atoms with Crippen LogP contribution in [0.4, 0.5) is 4.79 Å². The number of likely N-dealkylation sites (tertiary alicyclic amines) is 1. The molecule has 0 bridgehead atoms. The Balaban J connectivity index is 1.78. The number of thiophene rings is 1. The summed E-state index contributed by atoms with van der Waals surface area (Å²) in [6.45, 7) is 17.4. The second kappa shape index (κ2) is 12.1. The molecule has 2 heterocycles. The van der Waals surface area contributed by atoms with Crippen LogP contribution in [-0.4, -0.2) is 64.8 Å². The highest BCUT2D eigenvalue weighted by Gasteiger charge is 2.70. The number of piperidine rings is 1. The van der Waals surface area contributed by atoms with E-state index in [1.807, 2.05) is 45.2 Å². The van der Waals surface area contributed by atoms with Crippen LogP contribution in [0, 0.1) is 22.7 Å². The summed E-state index contributed by atoms with van der Waals surface area (Å²) in [6.07, 6.45) is 0.157. The molecule has 1 saturated carbocycles. The molecule has 3 N–H and O–H groups in total. The van der Waals surface area contributed by atoms with Gasteiger partial charge >= 0.3 is 6.09 Å². The van der Waals surface area contributed by atoms with Crippen molar-refractivity contribution in [3.05, 3.63) is 22.4 Å². The third-order valence-electron chi connectivity index (χ3n) is 7.97. The van der Waals surface area contributed by atoms with Crippen molar-refractivity contribution in [2.45, 2.75) is 105 Å². The molecule has 3 rings (SSSR count). The van der Waals surface area contributed by atoms with Gasteiger partial charge in [-0.15, -0.1) is 11.3 Å². The van der Waals surface area contributed by atoms with Crippen molar-refractivity contribution in [2.75, 3.05) is 6.54 Å². The zero-order valence-electron chi connectivity index (χ0n) is 25.8. The number of carbonyl (C=O) groups excluding carboxylic acids is 5. The number of ketones is 1. The molecular weight excluding hydrogens is 544 g/mol. The number of nitrogens with one attached hydrogen (secondary N) is 3. The van der Waals surface area contributed by atoms with Crippen LogP contribution in [0.1, 0.15) is 80.0 Å². The molecule has 1 unspecified atom stereocenters. The summed E-state index contributed by atoms with van der Waals surface area (Å²) >= 11 is 1.47. The quantitative estimate of drug-likeness (QED) is 0.356. The molecule has 5 atom stereocenters. The molecule has 0 spiro atoms. The van der Waals surface area contributed by atoms with Gasteiger partial charge in [0.1, 0.15) is 17.7 Å². The minimum atomic E-state index is -1.01. The van der Waals surface area contributed by atoms with Crippen LogP contribution in [0.15, 0.2) is 17.5 Å². The lowest BCUT2D eigenvalue weighted by atomic mass is 9.85. The Morgan fingerprint density at radius 2 is 1.76 bits per heavy atom. The maximum absolute atomic E-state index is 14.0. The van der Waals surface area contributed by atoms with E-state index in [9.17, 15) is 24.0 Å². The van der Waals surface area contributed by atoms with E-state index in [1.165, 1.54) is 16.2 Å². The number of alkyl carbamates (subject to hydrolysis) is 1. The largest absolute Gasteiger partial charge is 0.444 e. The van der Waals surface area contributed by atoms with Gasteiger partial charge in [0.25, 0.3) is 5.91 Å². The van der Waals surface area contributed by atoms with Gasteiger partial charge in [0, 0.05) is 11.4 Å². The Morgan fingerprint density at radius 1 is 1.10 bits per heavy atom. The van der Waals surface area contributed by atoms with E-state index < -0.39 is 52.8 Å². The van der Waals surface area contributed by atoms with E-state index in [-0.39, 0.29) is 29.7 Å². The normalized spacial score (nSPS) is 22.7. The highest BCUT2D eigenvalue weighted by molar-refractivity contribution is 7.09. The third-order valence-corrected chi connectivity index (χ3v) is 8.85. The number of ether oxygens (including phenoxy) is 1. The van der Waals surface area contributed by atoms with Crippen molar-refractivity contribution in [2.24, 2.45) is 22.7 Å². The second-order valence-electron chi connectivity index (χ2n) is 13.8. The number of hydrogen-bond acceptors (Lipinski definition) is 7. The second-order valence-corrected chi connectivity index (χ2v) is 14.8. The lowest BCUT2D eigenvalue weighted by Crippen LogP contribution is -2.60. The molecule has 1 saturated heterocycles. The van der Waals surface area contributed by atoms with Crippen LogP contribution in [0.3, 0.4) is 0 Å². The van der Waals surface area contributed by atoms with E-state index in [2.05, 4.69) is 29.8 Å². The van der Waals surface area contributed by atoms with E-state index in [0.29, 0.717) is 19.4 Å². The Bertz CT molecular complexity index is 1150. The van der Waals surface area contributed by atoms with Gasteiger partial charge in [-0.2, -0.15) is 0 Å². The number of Topliss-reactive ketones (excluding diaryl/α,β-unsaturated/α-hetero) is 1. The summed E-state index contributed by atoms with van der Waals surface area (Å²) in [5.41, 5.74) is -1.57. The molecule has 41 heavy (non-hydrogen) atoms. The van der Waals surface area contributed by atoms with Gasteiger partial charge < -0.3 is 25.6 Å². The molecule has 2 aliphatic rings. The third kappa shape index (κ3) is 7.67. The van der Waals surface area contributed by atoms with Gasteiger partial charge in [0.2, 0.25) is 17.6 Å². The molecule has 1 aliphatic heterocycles. The van der Waals surface area contributed by atoms with E-state index in [0.717, 1.165) is 4.88 Å². The number of amides is 4. The Kier molecular flexibility index (Phi) is 9.62. The Hall–Kier alpha value is -2.95. The zero-order chi connectivity index (χ0) is 30.9. The van der Waals surface area contributed by atoms with Crippen molar-refractivity contribution in [1.29, 1.82) is 0 Å². The lowest BCUT2D eigenvalue weighted by molar-refractivity contribution is -0.145. The van der Waals surface area contributed by atoms with Crippen molar-refractivity contribution in [3.63, 3.8) is 0 Å². The van der Waals surface area contributed by atoms with Crippen molar-refractivity contribution in [3.8, 4) is 0 Å². The first-order valence-corrected chi connectivity index (χ1v) is 15.2. The van der Waals surface area contributed by atoms with Crippen molar-refractivity contribution in [1.82, 2.24) is 20.9 Å². The summed E-state index contributed by atoms with van der Waals surface area (Å²) in [6, 6.07) is 0.955. The van der Waals surface area contributed by atoms with Crippen molar-refractivity contribution >= 4 is 40.9 Å². The zero-order valence-corrected chi connectivity index (χ0v) is 26.6. The van der Waals surface area contributed by atoms with Gasteiger partial charge in [-0.25, -0.2) is 4.79 Å². The molecule has 4 amide bonds. The first-order chi connectivity index (χ1) is 18.9. The summed E-state index contributed by atoms with van der Waals surface area (Å²) in [5.74, 6) is -2.29. The molecule has 1 aromatic rings. The standard InChI is InChI=1S/C30H46N4O6S/c1-10-12-19(22(35)25(37)31-15-17-13-11-14-41-17)32-24(36)21-20-18(30(20,8)9)16-34(21)26(38)23(28(2,3)4)33-27(39)40-29(5,6)7/h11,13-14,18-21,23H,10,12,15-16H2,1-9H3,(H,31,37)(H,32,36)(H,33,39)/t18?,19-,20+,21+,23-/m1/s1. The maximum Gasteiger partial charge on any atom is 0.408 e. The fourth-order valence-electron chi connectivity index (χ4n) is 5.69. The van der Waals surface area contributed by atoms with E-state index in [1.54, 1.807) is 20.8 Å². The molecule has 2 fully saturated rings. The summed E-state index contributed by atoms with van der Waals surface area (Å²) in [5, 5.41) is 10.1. The van der Waals surface area contributed by atoms with Crippen molar-refractivity contribution < 1.29 is 28.7 Å². The van der Waals surface area contributed by atoms with Crippen LogP contribution in [0.5, 0.6) is 0 Å². The van der Waals surface area contributed by atoms with Crippen LogP contribution in [0.2, 0.25) is 0 Å². The Morgan fingerprint density at radius 3 is 2.29 bits per heavy atom. The lowest BCUT2D eigenvalue weighted by Gasteiger charge is -2.38. The van der Waals surface area contributed by atoms with E-state index >= 15 is 0 Å². The monoisotopic (exact) mass is 590 g/mol. The predicted molar refractivity (Wildman–Crippen MR) is 157 cm³/mol. The minimum absolute atomic E-state index is 0.0985. The van der Waals surface area contributed by atoms with Gasteiger partial charge in [-0.3, -0.25) is 19.2 Å². The number of fused-ring (bicyclic) bond motifs is 1. The van der Waals surface area contributed by atoms with Crippen LogP contribution in [0.25, 0.3) is 0 Å². The molecule has 228 valence electrons. The fraction of sp³-hybridized carbons (Fsp3) is 0.700. The molecule has 1 aliphatic carbocycles. The number of carbonyl (C=O) groups is 5. The topological polar surface area (TPSA) is 134 Å². The summed E-state index contributed by atoms with van der Waals surface area (Å²) in [7, 11) is 0. The molecular formula is C30H46N4O6S. The van der Waals surface area contributed by atoms with Gasteiger partial charge in [0.15, 0.2) is 0 Å². The van der Waals surface area contributed by atoms with Crippen LogP contribution in [-0.2, 0) is 30.5 Å². The SMILES string of the molecule is CCC[C@@H](NC(=O)[C@@H]1[C@@H]2C(CN1C(=O)[C@@H](NC(=O)OC(C)(C)C)C(C)(C)C)C2(C)C)C(=O)C(=O)NCc1cccs1. The van der Waals surface area contributed by atoms with Gasteiger partial charge in [-0.1, -0.05) is 54.0 Å². The number of rotatable bonds is 10. The first kappa shape index (κ1) is 32.6. The maximum atomic E-state index is 14.0. The first-order valence-electron chi connectivity index (χ1n) is 14.3. The number of hydrogen-bond donors (Lipinski definition) is 3. The smallest absolute Gasteiger partial charge is 0.408 e. The van der Waals surface area contributed by atoms with Gasteiger partial charge in [-0.05, 0) is 61.3 Å². The minimum Gasteiger partial charge on any atom is -0.444 e. The Labute approximate surface area is 247 Å². The number of nitrogens with zero attached hydrogens (tertiary/aromatic N) is 1. The highest BCUT2D eigenvalue weighted by Crippen LogP contribution is 2.65. The molecule has 0 aromatic carbocycles. The van der Waals surface area contributed by atoms with E-state index in [4.69, 9.17) is 4.74 Å². The summed E-state index contributed by atoms with van der Waals surface area (Å²) in [4.78, 5) is 68.7. The average molecular weight is 591 g/mol. The molecule has 0 radical (unpaired) electrons. The molecule has 10 nitrogen and oxygen atoms in total. The molecule has 1 aromatic heterocycles. The molecule has 11 heteroatoms.